The molecule has 16 heavy (non-hydrogen) atoms. The second kappa shape index (κ2) is 4.87. The maximum absolute atomic E-state index is 11.8. The Kier molecular flexibility index (Phi) is 3.49. The van der Waals surface area contributed by atoms with Crippen LogP contribution in [-0.4, -0.2) is 49.0 Å². The van der Waals surface area contributed by atoms with E-state index in [1.54, 1.807) is 0 Å². The second-order valence-corrected chi connectivity index (χ2v) is 5.08. The summed E-state index contributed by atoms with van der Waals surface area (Å²) in [6.07, 6.45) is 1.16. The molecule has 1 aromatic heterocycles. The molecule has 90 valence electrons. The minimum Gasteiger partial charge on any atom is -0.343 e. The molecule has 0 saturated carbocycles. The van der Waals surface area contributed by atoms with E-state index in [2.05, 4.69) is 24.7 Å². The van der Waals surface area contributed by atoms with Gasteiger partial charge in [-0.2, -0.15) is 22.4 Å². The number of rotatable bonds is 4. The predicted molar refractivity (Wildman–Crippen MR) is 54.5 cm³/mol. The molecule has 0 unspecified atom stereocenters. The zero-order valence-electron chi connectivity index (χ0n) is 8.59. The summed E-state index contributed by atoms with van der Waals surface area (Å²) in [5.74, 6) is 0.318. The molecule has 0 aliphatic carbocycles. The maximum atomic E-state index is 11.8. The monoisotopic (exact) mass is 247 g/mol. The predicted octanol–water partition coefficient (Wildman–Crippen LogP) is -1.69. The fraction of sp³-hybridized carbons (Fsp3) is 0.714. The third kappa shape index (κ3) is 2.76. The molecule has 0 spiro atoms. The summed E-state index contributed by atoms with van der Waals surface area (Å²) in [6.45, 7) is 2.33. The van der Waals surface area contributed by atoms with Crippen LogP contribution in [0.25, 0.3) is 0 Å². The average molecular weight is 247 g/mol. The van der Waals surface area contributed by atoms with Crippen LogP contribution < -0.4 is 10.0 Å². The minimum absolute atomic E-state index is 0.0444. The molecule has 2 N–H and O–H groups in total. The Morgan fingerprint density at radius 2 is 2.25 bits per heavy atom. The van der Waals surface area contributed by atoms with Crippen LogP contribution in [0.4, 0.5) is 0 Å². The molecule has 1 fully saturated rings. The zero-order chi connectivity index (χ0) is 11.4. The lowest BCUT2D eigenvalue weighted by atomic mass is 10.4. The molecule has 1 aromatic rings. The summed E-state index contributed by atoms with van der Waals surface area (Å²) >= 11 is 0. The van der Waals surface area contributed by atoms with E-state index in [1.807, 2.05) is 0 Å². The first-order valence-electron chi connectivity index (χ1n) is 4.89. The van der Waals surface area contributed by atoms with Crippen molar-refractivity contribution < 1.29 is 12.9 Å². The lowest BCUT2D eigenvalue weighted by Gasteiger charge is -2.26. The number of hydrogen-bond acceptors (Lipinski definition) is 6. The van der Waals surface area contributed by atoms with Crippen LogP contribution in [0, 0.1) is 0 Å². The number of hydrogen-bond donors (Lipinski definition) is 2. The van der Waals surface area contributed by atoms with Crippen molar-refractivity contribution in [3.63, 3.8) is 0 Å². The molecule has 2 heterocycles. The van der Waals surface area contributed by atoms with E-state index in [-0.39, 0.29) is 6.54 Å². The molecule has 9 heteroatoms. The average Bonchev–Trinajstić information content (AvgIpc) is 2.81. The number of aromatic nitrogens is 2. The summed E-state index contributed by atoms with van der Waals surface area (Å²) in [4.78, 5) is 3.73. The number of nitrogens with zero attached hydrogens (tertiary/aromatic N) is 3. The molecule has 0 bridgehead atoms. The Bertz CT molecular complexity index is 411. The SMILES string of the molecule is O=S(=O)(NCc1ncon1)N1CCNCC1. The topological polar surface area (TPSA) is 100 Å². The van der Waals surface area contributed by atoms with Gasteiger partial charge >= 0.3 is 0 Å². The van der Waals surface area contributed by atoms with Crippen LogP contribution in [0.1, 0.15) is 5.82 Å². The highest BCUT2D eigenvalue weighted by Gasteiger charge is 2.23. The summed E-state index contributed by atoms with van der Waals surface area (Å²) in [5, 5.41) is 6.60. The van der Waals surface area contributed by atoms with Crippen molar-refractivity contribution in [2.24, 2.45) is 0 Å². The van der Waals surface area contributed by atoms with Crippen LogP contribution in [0.3, 0.4) is 0 Å². The van der Waals surface area contributed by atoms with Crippen molar-refractivity contribution in [2.45, 2.75) is 6.54 Å². The highest BCUT2D eigenvalue weighted by Crippen LogP contribution is 2.00. The molecule has 0 atom stereocenters. The Morgan fingerprint density at radius 3 is 2.88 bits per heavy atom. The van der Waals surface area contributed by atoms with Gasteiger partial charge in [0.25, 0.3) is 10.2 Å². The molecule has 0 amide bonds. The van der Waals surface area contributed by atoms with Crippen molar-refractivity contribution in [2.75, 3.05) is 26.2 Å². The highest BCUT2D eigenvalue weighted by atomic mass is 32.2. The van der Waals surface area contributed by atoms with Crippen LogP contribution in [0.2, 0.25) is 0 Å². The van der Waals surface area contributed by atoms with Gasteiger partial charge in [0.1, 0.15) is 0 Å². The van der Waals surface area contributed by atoms with Crippen LogP contribution >= 0.6 is 0 Å². The summed E-state index contributed by atoms with van der Waals surface area (Å²) < 4.78 is 31.9. The molecular formula is C7H13N5O3S. The Hall–Kier alpha value is -1.03. The zero-order valence-corrected chi connectivity index (χ0v) is 9.40. The normalized spacial score (nSPS) is 18.8. The highest BCUT2D eigenvalue weighted by molar-refractivity contribution is 7.87. The summed E-state index contributed by atoms with van der Waals surface area (Å²) in [7, 11) is -3.44. The van der Waals surface area contributed by atoms with Gasteiger partial charge in [0.2, 0.25) is 6.39 Å². The first kappa shape index (κ1) is 11.5. The maximum Gasteiger partial charge on any atom is 0.279 e. The van der Waals surface area contributed by atoms with Gasteiger partial charge in [0, 0.05) is 26.2 Å². The summed E-state index contributed by atoms with van der Waals surface area (Å²) in [6, 6.07) is 0. The van der Waals surface area contributed by atoms with Gasteiger partial charge < -0.3 is 9.84 Å². The van der Waals surface area contributed by atoms with Gasteiger partial charge in [-0.25, -0.2) is 0 Å². The van der Waals surface area contributed by atoms with E-state index in [9.17, 15) is 8.42 Å². The quantitative estimate of drug-likeness (QED) is 0.658. The van der Waals surface area contributed by atoms with Gasteiger partial charge in [0.15, 0.2) is 5.82 Å². The number of nitrogens with one attached hydrogen (secondary N) is 2. The molecule has 2 rings (SSSR count). The first-order chi connectivity index (χ1) is 7.68. The third-order valence-corrected chi connectivity index (χ3v) is 3.79. The van der Waals surface area contributed by atoms with Crippen molar-refractivity contribution in [3.05, 3.63) is 12.2 Å². The van der Waals surface area contributed by atoms with E-state index in [4.69, 9.17) is 0 Å². The van der Waals surface area contributed by atoms with Gasteiger partial charge in [0.05, 0.1) is 6.54 Å². The second-order valence-electron chi connectivity index (χ2n) is 3.32. The molecular weight excluding hydrogens is 234 g/mol. The summed E-state index contributed by atoms with van der Waals surface area (Å²) in [5.41, 5.74) is 0. The largest absolute Gasteiger partial charge is 0.343 e. The van der Waals surface area contributed by atoms with E-state index >= 15 is 0 Å². The molecule has 1 aliphatic heterocycles. The minimum atomic E-state index is -3.44. The smallest absolute Gasteiger partial charge is 0.279 e. The van der Waals surface area contributed by atoms with E-state index in [1.165, 1.54) is 4.31 Å². The standard InChI is InChI=1S/C7H13N5O3S/c13-16(14,12-3-1-8-2-4-12)10-5-7-9-6-15-11-7/h6,8,10H,1-5H2. The van der Waals surface area contributed by atoms with Crippen LogP contribution in [0.5, 0.6) is 0 Å². The van der Waals surface area contributed by atoms with Gasteiger partial charge in [-0.1, -0.05) is 5.16 Å². The lowest BCUT2D eigenvalue weighted by Crippen LogP contribution is -2.50. The molecule has 1 aliphatic rings. The van der Waals surface area contributed by atoms with Crippen molar-refractivity contribution in [1.29, 1.82) is 0 Å². The van der Waals surface area contributed by atoms with Gasteiger partial charge in [-0.3, -0.25) is 0 Å². The van der Waals surface area contributed by atoms with Gasteiger partial charge in [-0.05, 0) is 0 Å². The van der Waals surface area contributed by atoms with Crippen molar-refractivity contribution in [3.8, 4) is 0 Å². The number of piperazine rings is 1. The fourth-order valence-electron chi connectivity index (χ4n) is 1.40. The Balaban J connectivity index is 1.91. The fourth-order valence-corrected chi connectivity index (χ4v) is 2.56. The molecule has 0 radical (unpaired) electrons. The first-order valence-corrected chi connectivity index (χ1v) is 6.33. The molecule has 1 saturated heterocycles. The van der Waals surface area contributed by atoms with Crippen LogP contribution in [-0.2, 0) is 16.8 Å². The van der Waals surface area contributed by atoms with E-state index in [0.29, 0.717) is 32.0 Å². The van der Waals surface area contributed by atoms with E-state index < -0.39 is 10.2 Å². The third-order valence-electron chi connectivity index (χ3n) is 2.24. The van der Waals surface area contributed by atoms with Crippen molar-refractivity contribution in [1.82, 2.24) is 24.5 Å². The Labute approximate surface area is 93.2 Å². The molecule has 8 nitrogen and oxygen atoms in total. The Morgan fingerprint density at radius 1 is 1.50 bits per heavy atom. The van der Waals surface area contributed by atoms with Crippen LogP contribution in [0.15, 0.2) is 10.9 Å². The molecule has 0 aromatic carbocycles. The lowest BCUT2D eigenvalue weighted by molar-refractivity contribution is 0.354. The van der Waals surface area contributed by atoms with Gasteiger partial charge in [-0.15, -0.1) is 0 Å². The van der Waals surface area contributed by atoms with E-state index in [0.717, 1.165) is 6.39 Å². The van der Waals surface area contributed by atoms with Crippen molar-refractivity contribution >= 4 is 10.2 Å².